The van der Waals surface area contributed by atoms with Crippen LogP contribution in [0.4, 0.5) is 4.39 Å². The topological polar surface area (TPSA) is 58.6 Å². The fourth-order valence-corrected chi connectivity index (χ4v) is 4.79. The maximum atomic E-state index is 13.1. The van der Waals surface area contributed by atoms with Gasteiger partial charge in [0.05, 0.1) is 0 Å². The fourth-order valence-electron chi connectivity index (χ4n) is 4.56. The largest absolute Gasteiger partial charge is 0.483 e. The van der Waals surface area contributed by atoms with Crippen LogP contribution in [0.2, 0.25) is 5.02 Å². The van der Waals surface area contributed by atoms with Crippen molar-refractivity contribution in [1.82, 2.24) is 10.2 Å². The van der Waals surface area contributed by atoms with E-state index in [4.69, 9.17) is 16.3 Å². The maximum absolute atomic E-state index is 13.1. The lowest BCUT2D eigenvalue weighted by Crippen LogP contribution is -2.53. The summed E-state index contributed by atoms with van der Waals surface area (Å²) in [5, 5.41) is 3.68. The Bertz CT molecular complexity index is 936. The summed E-state index contributed by atoms with van der Waals surface area (Å²) in [5.41, 5.74) is 1.33. The minimum atomic E-state index is -0.368. The summed E-state index contributed by atoms with van der Waals surface area (Å²) >= 11 is 5.97. The Balaban J connectivity index is 1.33. The number of nitrogens with one attached hydrogen (secondary N) is 1. The van der Waals surface area contributed by atoms with E-state index in [0.29, 0.717) is 16.3 Å². The van der Waals surface area contributed by atoms with Gasteiger partial charge >= 0.3 is 0 Å². The van der Waals surface area contributed by atoms with E-state index in [1.807, 2.05) is 11.8 Å². The average Bonchev–Trinajstić information content (AvgIpc) is 2.98. The molecular formula is C23H24ClFN2O3. The number of hydrogen-bond donors (Lipinski definition) is 1. The minimum Gasteiger partial charge on any atom is -0.483 e. The average molecular weight is 431 g/mol. The van der Waals surface area contributed by atoms with Gasteiger partial charge in [0.2, 0.25) is 0 Å². The number of hydrogen-bond acceptors (Lipinski definition) is 3. The lowest BCUT2D eigenvalue weighted by Gasteiger charge is -2.39. The molecule has 2 unspecified atom stereocenters. The van der Waals surface area contributed by atoms with Crippen LogP contribution in [0.15, 0.2) is 42.5 Å². The maximum Gasteiger partial charge on any atom is 0.261 e. The molecule has 2 saturated heterocycles. The molecule has 2 aromatic rings. The molecule has 2 heterocycles. The lowest BCUT2D eigenvalue weighted by atomic mass is 9.96. The van der Waals surface area contributed by atoms with E-state index in [2.05, 4.69) is 5.32 Å². The predicted octanol–water partition coefficient (Wildman–Crippen LogP) is 4.12. The van der Waals surface area contributed by atoms with E-state index in [9.17, 15) is 14.0 Å². The number of nitrogens with zero attached hydrogens (tertiary/aromatic N) is 1. The molecule has 0 radical (unpaired) electrons. The van der Waals surface area contributed by atoms with Crippen molar-refractivity contribution >= 4 is 23.4 Å². The van der Waals surface area contributed by atoms with Gasteiger partial charge in [-0.1, -0.05) is 11.6 Å². The number of benzene rings is 2. The number of fused-ring (bicyclic) bond motifs is 2. The van der Waals surface area contributed by atoms with Crippen LogP contribution in [0, 0.1) is 12.7 Å². The highest BCUT2D eigenvalue weighted by molar-refractivity contribution is 6.30. The zero-order chi connectivity index (χ0) is 21.3. The van der Waals surface area contributed by atoms with E-state index < -0.39 is 0 Å². The molecule has 158 valence electrons. The van der Waals surface area contributed by atoms with Crippen LogP contribution in [0.5, 0.6) is 5.75 Å². The quantitative estimate of drug-likeness (QED) is 0.776. The Hall–Kier alpha value is -2.60. The summed E-state index contributed by atoms with van der Waals surface area (Å²) < 4.78 is 18.8. The van der Waals surface area contributed by atoms with Gasteiger partial charge in [0.1, 0.15) is 11.6 Å². The number of ether oxygens (including phenoxy) is 1. The van der Waals surface area contributed by atoms with Crippen LogP contribution in [0.25, 0.3) is 0 Å². The molecule has 4 rings (SSSR count). The van der Waals surface area contributed by atoms with Crippen LogP contribution in [0.3, 0.4) is 0 Å². The van der Waals surface area contributed by atoms with Gasteiger partial charge < -0.3 is 15.0 Å². The molecule has 1 N–H and O–H groups in total. The molecular weight excluding hydrogens is 407 g/mol. The van der Waals surface area contributed by atoms with E-state index in [1.165, 1.54) is 24.3 Å². The molecule has 5 nitrogen and oxygen atoms in total. The highest BCUT2D eigenvalue weighted by Crippen LogP contribution is 2.36. The van der Waals surface area contributed by atoms with E-state index in [-0.39, 0.29) is 42.4 Å². The van der Waals surface area contributed by atoms with Crippen molar-refractivity contribution in [2.45, 2.75) is 50.7 Å². The molecule has 0 aromatic heterocycles. The molecule has 2 aliphatic rings. The fraction of sp³-hybridized carbons (Fsp3) is 0.391. The molecule has 2 amide bonds. The van der Waals surface area contributed by atoms with Gasteiger partial charge in [-0.3, -0.25) is 9.59 Å². The zero-order valence-electron chi connectivity index (χ0n) is 16.7. The first-order valence-electron chi connectivity index (χ1n) is 10.2. The van der Waals surface area contributed by atoms with Crippen molar-refractivity contribution in [3.05, 3.63) is 64.4 Å². The SMILES string of the molecule is Cc1cc(Cl)ccc1OCC(=O)N1C2CCC1CC(NC(=O)c1ccc(F)cc1)C2. The highest BCUT2D eigenvalue weighted by atomic mass is 35.5. The summed E-state index contributed by atoms with van der Waals surface area (Å²) in [5.74, 6) is 0.0508. The lowest BCUT2D eigenvalue weighted by molar-refractivity contribution is -0.138. The Morgan fingerprint density at radius 1 is 1.13 bits per heavy atom. The normalized spacial score (nSPS) is 22.6. The molecule has 0 aliphatic carbocycles. The van der Waals surface area contributed by atoms with Crippen molar-refractivity contribution in [3.63, 3.8) is 0 Å². The van der Waals surface area contributed by atoms with Gasteiger partial charge in [-0.05, 0) is 80.6 Å². The van der Waals surface area contributed by atoms with Gasteiger partial charge in [-0.15, -0.1) is 0 Å². The molecule has 7 heteroatoms. The first-order chi connectivity index (χ1) is 14.4. The third-order valence-electron chi connectivity index (χ3n) is 5.95. The van der Waals surface area contributed by atoms with E-state index in [0.717, 1.165) is 31.2 Å². The van der Waals surface area contributed by atoms with Gasteiger partial charge in [0.15, 0.2) is 6.61 Å². The number of carbonyl (C=O) groups excluding carboxylic acids is 2. The summed E-state index contributed by atoms with van der Waals surface area (Å²) in [7, 11) is 0. The van der Waals surface area contributed by atoms with Crippen LogP contribution in [-0.4, -0.2) is 41.4 Å². The number of rotatable bonds is 5. The minimum absolute atomic E-state index is 0.00327. The van der Waals surface area contributed by atoms with Crippen molar-refractivity contribution in [2.24, 2.45) is 0 Å². The molecule has 0 saturated carbocycles. The Kier molecular flexibility index (Phi) is 5.95. The first-order valence-corrected chi connectivity index (χ1v) is 10.5. The molecule has 2 aliphatic heterocycles. The van der Waals surface area contributed by atoms with Crippen molar-refractivity contribution in [2.75, 3.05) is 6.61 Å². The van der Waals surface area contributed by atoms with Crippen molar-refractivity contribution in [3.8, 4) is 5.75 Å². The second-order valence-corrected chi connectivity index (χ2v) is 8.47. The van der Waals surface area contributed by atoms with Crippen LogP contribution < -0.4 is 10.1 Å². The molecule has 2 aromatic carbocycles. The Morgan fingerprint density at radius 3 is 2.43 bits per heavy atom. The van der Waals surface area contributed by atoms with Gasteiger partial charge in [0, 0.05) is 28.7 Å². The predicted molar refractivity (Wildman–Crippen MR) is 112 cm³/mol. The van der Waals surface area contributed by atoms with Crippen LogP contribution in [0.1, 0.15) is 41.6 Å². The van der Waals surface area contributed by atoms with Crippen LogP contribution in [-0.2, 0) is 4.79 Å². The molecule has 2 atom stereocenters. The monoisotopic (exact) mass is 430 g/mol. The Labute approximate surface area is 180 Å². The standard InChI is InChI=1S/C23H24ClFN2O3/c1-14-10-16(24)4-9-21(14)30-13-22(28)27-19-7-8-20(27)12-18(11-19)26-23(29)15-2-5-17(25)6-3-15/h2-6,9-10,18-20H,7-8,11-13H2,1H3,(H,26,29). The third kappa shape index (κ3) is 4.43. The number of halogens is 2. The first kappa shape index (κ1) is 20.7. The van der Waals surface area contributed by atoms with Crippen molar-refractivity contribution in [1.29, 1.82) is 0 Å². The highest BCUT2D eigenvalue weighted by Gasteiger charge is 2.43. The van der Waals surface area contributed by atoms with Gasteiger partial charge in [0.25, 0.3) is 11.8 Å². The molecule has 2 bridgehead atoms. The molecule has 2 fully saturated rings. The van der Waals surface area contributed by atoms with Crippen LogP contribution >= 0.6 is 11.6 Å². The summed E-state index contributed by atoms with van der Waals surface area (Å²) in [4.78, 5) is 27.2. The smallest absolute Gasteiger partial charge is 0.261 e. The number of piperidine rings is 1. The third-order valence-corrected chi connectivity index (χ3v) is 6.19. The number of aryl methyl sites for hydroxylation is 1. The van der Waals surface area contributed by atoms with E-state index >= 15 is 0 Å². The second kappa shape index (κ2) is 8.64. The Morgan fingerprint density at radius 2 is 1.80 bits per heavy atom. The molecule has 0 spiro atoms. The van der Waals surface area contributed by atoms with Gasteiger partial charge in [-0.2, -0.15) is 0 Å². The number of amides is 2. The molecule has 30 heavy (non-hydrogen) atoms. The van der Waals surface area contributed by atoms with Crippen molar-refractivity contribution < 1.29 is 18.7 Å². The summed E-state index contributed by atoms with van der Waals surface area (Å²) in [6.07, 6.45) is 3.29. The number of carbonyl (C=O) groups is 2. The zero-order valence-corrected chi connectivity index (χ0v) is 17.5. The second-order valence-electron chi connectivity index (χ2n) is 8.03. The van der Waals surface area contributed by atoms with E-state index in [1.54, 1.807) is 18.2 Å². The summed E-state index contributed by atoms with van der Waals surface area (Å²) in [6, 6.07) is 11.1. The summed E-state index contributed by atoms with van der Waals surface area (Å²) in [6.45, 7) is 1.88. The van der Waals surface area contributed by atoms with Gasteiger partial charge in [-0.25, -0.2) is 4.39 Å².